The van der Waals surface area contributed by atoms with Crippen molar-refractivity contribution >= 4 is 36.3 Å². The molecule has 2 aliphatic heterocycles. The van der Waals surface area contributed by atoms with Crippen molar-refractivity contribution < 1.29 is 27.9 Å². The zero-order valence-corrected chi connectivity index (χ0v) is 31.1. The highest BCUT2D eigenvalue weighted by Crippen LogP contribution is 2.53. The normalized spacial score (nSPS) is 22.2. The van der Waals surface area contributed by atoms with Crippen LogP contribution in [0.3, 0.4) is 0 Å². The van der Waals surface area contributed by atoms with Crippen LogP contribution >= 0.6 is 11.3 Å². The van der Waals surface area contributed by atoms with Crippen molar-refractivity contribution in [1.29, 1.82) is 5.41 Å². The first-order valence-corrected chi connectivity index (χ1v) is 18.0. The molecule has 5 atom stereocenters. The van der Waals surface area contributed by atoms with Crippen molar-refractivity contribution in [3.63, 3.8) is 0 Å². The number of thiophene rings is 1. The Morgan fingerprint density at radius 1 is 1.10 bits per heavy atom. The number of ether oxygens (including phenoxy) is 1. The molecule has 10 nitrogen and oxygen atoms in total. The van der Waals surface area contributed by atoms with Gasteiger partial charge in [-0.05, 0) is 81.3 Å². The lowest BCUT2D eigenvalue weighted by molar-refractivity contribution is -0.135. The van der Waals surface area contributed by atoms with Crippen LogP contribution in [0.4, 0.5) is 8.78 Å². The van der Waals surface area contributed by atoms with Gasteiger partial charge in [0.2, 0.25) is 12.3 Å². The maximum absolute atomic E-state index is 14.1. The van der Waals surface area contributed by atoms with E-state index >= 15 is 0 Å². The average molecular weight is 727 g/mol. The Morgan fingerprint density at radius 3 is 2.29 bits per heavy atom. The van der Waals surface area contributed by atoms with Gasteiger partial charge in [-0.3, -0.25) is 15.0 Å². The molecular weight excluding hydrogens is 675 g/mol. The molecule has 2 aromatic carbocycles. The minimum atomic E-state index is -2.85. The quantitative estimate of drug-likeness (QED) is 0.157. The highest BCUT2D eigenvalue weighted by molar-refractivity contribution is 7.10. The lowest BCUT2D eigenvalue weighted by Crippen LogP contribution is -2.44. The van der Waals surface area contributed by atoms with E-state index < -0.39 is 5.92 Å². The SMILES string of the molecule is CC1C2CC(C=O)N(C(=O)CNC=O)C12.CN1CCOCC1.CN[C@H](C)c1cc(C)cs1.Cc1ccc2c(c1)-c1ccccc1C2(F)F.N=CN. The number of piperidine rings is 1. The van der Waals surface area contributed by atoms with E-state index in [4.69, 9.17) is 10.1 Å². The number of fused-ring (bicyclic) bond motifs is 4. The van der Waals surface area contributed by atoms with E-state index in [1.165, 1.54) is 22.6 Å². The molecule has 0 radical (unpaired) electrons. The number of benzene rings is 2. The number of aldehydes is 1. The Bertz CT molecular complexity index is 1600. The second-order valence-electron chi connectivity index (χ2n) is 13.0. The van der Waals surface area contributed by atoms with Crippen molar-refractivity contribution in [1.82, 2.24) is 20.4 Å². The van der Waals surface area contributed by atoms with Crippen molar-refractivity contribution in [2.24, 2.45) is 17.6 Å². The summed E-state index contributed by atoms with van der Waals surface area (Å²) in [5, 5.41) is 13.6. The van der Waals surface area contributed by atoms with Gasteiger partial charge in [0, 0.05) is 41.2 Å². The van der Waals surface area contributed by atoms with Gasteiger partial charge in [0.15, 0.2) is 0 Å². The van der Waals surface area contributed by atoms with E-state index in [1.807, 2.05) is 31.4 Å². The monoisotopic (exact) mass is 726 g/mol. The predicted molar refractivity (Wildman–Crippen MR) is 199 cm³/mol. The van der Waals surface area contributed by atoms with Crippen LogP contribution in [-0.2, 0) is 25.0 Å². The number of hydrogen-bond acceptors (Lipinski definition) is 8. The molecule has 3 aromatic rings. The number of carbonyl (C=O) groups is 3. The maximum atomic E-state index is 14.1. The van der Waals surface area contributed by atoms with E-state index in [-0.39, 0.29) is 35.7 Å². The van der Waals surface area contributed by atoms with Gasteiger partial charge < -0.3 is 35.7 Å². The first kappa shape index (κ1) is 41.4. The van der Waals surface area contributed by atoms with Gasteiger partial charge in [-0.1, -0.05) is 55.0 Å². The number of aryl methyl sites for hydroxylation is 2. The molecule has 4 unspecified atom stereocenters. The fourth-order valence-electron chi connectivity index (χ4n) is 6.41. The third-order valence-corrected chi connectivity index (χ3v) is 10.6. The highest BCUT2D eigenvalue weighted by atomic mass is 32.1. The lowest BCUT2D eigenvalue weighted by Gasteiger charge is -2.24. The number of nitrogens with one attached hydrogen (secondary N) is 3. The largest absolute Gasteiger partial charge is 0.390 e. The minimum Gasteiger partial charge on any atom is -0.390 e. The molecule has 2 amide bonds. The number of halogens is 2. The van der Waals surface area contributed by atoms with Gasteiger partial charge >= 0.3 is 0 Å². The third-order valence-electron chi connectivity index (χ3n) is 9.40. The number of hydrogen-bond donors (Lipinski definition) is 4. The summed E-state index contributed by atoms with van der Waals surface area (Å²) in [5.74, 6) is -2.02. The number of likely N-dealkylation sites (N-methyl/N-ethyl adjacent to an activating group) is 1. The Labute approximate surface area is 304 Å². The maximum Gasteiger partial charge on any atom is 0.299 e. The smallest absolute Gasteiger partial charge is 0.299 e. The number of rotatable bonds is 6. The van der Waals surface area contributed by atoms with Gasteiger partial charge in [0.25, 0.3) is 5.92 Å². The summed E-state index contributed by atoms with van der Waals surface area (Å²) in [4.78, 5) is 37.9. The number of likely N-dealkylation sites (tertiary alicyclic amines) is 1. The molecule has 0 spiro atoms. The van der Waals surface area contributed by atoms with E-state index in [0.29, 0.717) is 35.4 Å². The van der Waals surface area contributed by atoms with E-state index in [0.717, 1.165) is 50.9 Å². The van der Waals surface area contributed by atoms with E-state index in [2.05, 4.69) is 60.5 Å². The fraction of sp³-hybridized carbons (Fsp3) is 0.474. The predicted octanol–water partition coefficient (Wildman–Crippen LogP) is 5.12. The molecule has 278 valence electrons. The molecule has 1 saturated carbocycles. The zero-order valence-electron chi connectivity index (χ0n) is 30.3. The van der Waals surface area contributed by atoms with Crippen LogP contribution in [-0.4, -0.2) is 93.8 Å². The van der Waals surface area contributed by atoms with Gasteiger partial charge in [-0.25, -0.2) is 0 Å². The number of nitrogens with two attached hydrogens (primary N) is 1. The topological polar surface area (TPSA) is 141 Å². The number of nitrogens with zero attached hydrogens (tertiary/aromatic N) is 2. The van der Waals surface area contributed by atoms with Gasteiger partial charge in [-0.2, -0.15) is 8.78 Å². The Balaban J connectivity index is 0.000000186. The van der Waals surface area contributed by atoms with Gasteiger partial charge in [0.1, 0.15) is 6.29 Å². The summed E-state index contributed by atoms with van der Waals surface area (Å²) >= 11 is 1.82. The third kappa shape index (κ3) is 10.7. The van der Waals surface area contributed by atoms with Crippen molar-refractivity contribution in [2.45, 2.75) is 58.2 Å². The molecular formula is C38H52F2N6O4S. The van der Waals surface area contributed by atoms with Crippen LogP contribution in [0.1, 0.15) is 53.4 Å². The van der Waals surface area contributed by atoms with Gasteiger partial charge in [0.05, 0.1) is 32.1 Å². The highest BCUT2D eigenvalue weighted by Gasteiger charge is 2.59. The van der Waals surface area contributed by atoms with Crippen LogP contribution in [0.15, 0.2) is 53.9 Å². The number of morpholine rings is 1. The molecule has 51 heavy (non-hydrogen) atoms. The summed E-state index contributed by atoms with van der Waals surface area (Å²) in [6, 6.07) is 14.5. The van der Waals surface area contributed by atoms with E-state index in [9.17, 15) is 23.2 Å². The summed E-state index contributed by atoms with van der Waals surface area (Å²) in [6.45, 7) is 12.3. The van der Waals surface area contributed by atoms with Crippen LogP contribution in [0.2, 0.25) is 0 Å². The van der Waals surface area contributed by atoms with Crippen LogP contribution in [0, 0.1) is 31.1 Å². The number of alkyl halides is 2. The first-order chi connectivity index (χ1) is 24.4. The minimum absolute atomic E-state index is 0.0101. The summed E-state index contributed by atoms with van der Waals surface area (Å²) in [5.41, 5.74) is 8.33. The average Bonchev–Trinajstić information content (AvgIpc) is 3.44. The molecule has 0 bridgehead atoms. The summed E-state index contributed by atoms with van der Waals surface area (Å²) in [6.07, 6.45) is 2.86. The molecule has 13 heteroatoms. The van der Waals surface area contributed by atoms with Crippen LogP contribution in [0.25, 0.3) is 11.1 Å². The Morgan fingerprint density at radius 2 is 1.75 bits per heavy atom. The first-order valence-electron chi connectivity index (χ1n) is 17.1. The van der Waals surface area contributed by atoms with Crippen LogP contribution < -0.4 is 16.4 Å². The second kappa shape index (κ2) is 19.5. The number of amides is 2. The van der Waals surface area contributed by atoms with Crippen molar-refractivity contribution in [3.05, 3.63) is 81.0 Å². The van der Waals surface area contributed by atoms with Crippen molar-refractivity contribution in [3.8, 4) is 11.1 Å². The molecule has 3 heterocycles. The molecule has 3 fully saturated rings. The Hall–Kier alpha value is -4.04. The molecule has 5 N–H and O–H groups in total. The second-order valence-corrected chi connectivity index (χ2v) is 14.0. The lowest BCUT2D eigenvalue weighted by atomic mass is 10.0. The summed E-state index contributed by atoms with van der Waals surface area (Å²) < 4.78 is 33.2. The standard InChI is InChI=1S/C14H10F2.C10H14N2O3.C8H13NS.C5H11NO.CH4N2/c1-9-6-7-13-11(8-9)10-4-2-3-5-12(10)14(13,15)16;1-6-8-2-7(4-13)12(10(6)8)9(15)3-11-5-14;1-6-4-8(10-5-6)7(2)9-3;1-6-2-4-7-5-3-6;2-1-3/h2-8H,1H3;4-8,10H,2-3H2,1H3,(H,11,14);4-5,7,9H,1-3H3;2-5H2,1H3;1H,(H3,2,3)/t;;7-;;/m..1../s1. The number of carbonyl (C=O) groups excluding carboxylic acids is 3. The molecule has 1 aromatic heterocycles. The molecule has 2 saturated heterocycles. The molecule has 4 aliphatic rings. The van der Waals surface area contributed by atoms with Gasteiger partial charge in [-0.15, -0.1) is 11.3 Å². The zero-order chi connectivity index (χ0) is 37.7. The fourth-order valence-corrected chi connectivity index (χ4v) is 7.38. The Kier molecular flexibility index (Phi) is 15.9. The molecule has 7 rings (SSSR count). The van der Waals surface area contributed by atoms with Crippen molar-refractivity contribution in [2.75, 3.05) is 46.9 Å². The molecule has 2 aliphatic carbocycles. The summed E-state index contributed by atoms with van der Waals surface area (Å²) in [7, 11) is 4.10. The van der Waals surface area contributed by atoms with E-state index in [1.54, 1.807) is 29.2 Å². The van der Waals surface area contributed by atoms with Crippen LogP contribution in [0.5, 0.6) is 0 Å².